The molecule has 2 aromatic rings. The van der Waals surface area contributed by atoms with E-state index in [1.807, 2.05) is 24.1 Å². The van der Waals surface area contributed by atoms with Crippen LogP contribution in [0.15, 0.2) is 40.2 Å². The second-order valence-corrected chi connectivity index (χ2v) is 8.80. The van der Waals surface area contributed by atoms with Crippen molar-refractivity contribution in [3.05, 3.63) is 50.6 Å². The molecule has 1 aromatic heterocycles. The molecule has 1 heterocycles. The molecule has 25 heavy (non-hydrogen) atoms. The molecule has 0 bridgehead atoms. The highest BCUT2D eigenvalue weighted by atomic mass is 79.9. The molecule has 0 saturated heterocycles. The van der Waals surface area contributed by atoms with Crippen LogP contribution in [0.4, 0.5) is 5.69 Å². The third-order valence-electron chi connectivity index (χ3n) is 3.79. The smallest absolute Gasteiger partial charge is 0.251 e. The molecule has 1 aliphatic rings. The van der Waals surface area contributed by atoms with E-state index >= 15 is 0 Å². The van der Waals surface area contributed by atoms with Crippen LogP contribution in [0.1, 0.15) is 28.1 Å². The highest BCUT2D eigenvalue weighted by Gasteiger charge is 2.23. The van der Waals surface area contributed by atoms with Crippen molar-refractivity contribution in [1.29, 1.82) is 0 Å². The van der Waals surface area contributed by atoms with Gasteiger partial charge in [0.05, 0.1) is 10.3 Å². The Morgan fingerprint density at radius 1 is 1.28 bits per heavy atom. The molecule has 1 aliphatic carbocycles. The zero-order valence-electron chi connectivity index (χ0n) is 13.9. The minimum atomic E-state index is -0.0992. The summed E-state index contributed by atoms with van der Waals surface area (Å²) >= 11 is 5.10. The molecular formula is C18H20BrN3O2S. The number of benzene rings is 1. The van der Waals surface area contributed by atoms with Gasteiger partial charge in [-0.25, -0.2) is 0 Å². The summed E-state index contributed by atoms with van der Waals surface area (Å²) in [5.74, 6) is -0.183. The van der Waals surface area contributed by atoms with Crippen molar-refractivity contribution in [2.45, 2.75) is 25.4 Å². The second-order valence-electron chi connectivity index (χ2n) is 6.25. The molecule has 7 heteroatoms. The van der Waals surface area contributed by atoms with E-state index in [0.717, 1.165) is 16.6 Å². The Hall–Kier alpha value is -1.70. The zero-order valence-corrected chi connectivity index (χ0v) is 16.3. The summed E-state index contributed by atoms with van der Waals surface area (Å²) in [6.45, 7) is 1.00. The van der Waals surface area contributed by atoms with E-state index in [1.54, 1.807) is 35.6 Å². The Labute approximate surface area is 159 Å². The number of hydrogen-bond donors (Lipinski definition) is 2. The quantitative estimate of drug-likeness (QED) is 0.719. The Kier molecular flexibility index (Phi) is 5.88. The normalized spacial score (nSPS) is 13.7. The average Bonchev–Trinajstić information content (AvgIpc) is 3.28. The van der Waals surface area contributed by atoms with Crippen molar-refractivity contribution in [2.75, 3.05) is 18.9 Å². The van der Waals surface area contributed by atoms with Crippen molar-refractivity contribution in [1.82, 2.24) is 10.2 Å². The summed E-state index contributed by atoms with van der Waals surface area (Å²) in [6, 6.07) is 11.4. The number of hydrogen-bond acceptors (Lipinski definition) is 4. The van der Waals surface area contributed by atoms with Gasteiger partial charge in [-0.1, -0.05) is 6.07 Å². The zero-order chi connectivity index (χ0) is 17.8. The van der Waals surface area contributed by atoms with Crippen LogP contribution in [0, 0.1) is 0 Å². The molecule has 1 fully saturated rings. The van der Waals surface area contributed by atoms with Gasteiger partial charge in [0.1, 0.15) is 0 Å². The largest absolute Gasteiger partial charge is 0.349 e. The number of amides is 2. The topological polar surface area (TPSA) is 61.4 Å². The van der Waals surface area contributed by atoms with Gasteiger partial charge in [0.15, 0.2) is 0 Å². The fourth-order valence-electron chi connectivity index (χ4n) is 2.44. The number of nitrogens with one attached hydrogen (secondary N) is 2. The van der Waals surface area contributed by atoms with Gasteiger partial charge >= 0.3 is 0 Å². The van der Waals surface area contributed by atoms with Crippen LogP contribution in [-0.2, 0) is 11.3 Å². The monoisotopic (exact) mass is 421 g/mol. The summed E-state index contributed by atoms with van der Waals surface area (Å²) < 4.78 is 1.08. The first-order chi connectivity index (χ1) is 12.0. The maximum Gasteiger partial charge on any atom is 0.251 e. The fraction of sp³-hybridized carbons (Fsp3) is 0.333. The number of carbonyl (C=O) groups excluding carboxylic acids is 2. The molecule has 3 rings (SSSR count). The molecule has 5 nitrogen and oxygen atoms in total. The van der Waals surface area contributed by atoms with Crippen molar-refractivity contribution >= 4 is 44.8 Å². The minimum Gasteiger partial charge on any atom is -0.349 e. The van der Waals surface area contributed by atoms with Crippen LogP contribution in [-0.4, -0.2) is 36.3 Å². The molecule has 2 amide bonds. The summed E-state index contributed by atoms with van der Waals surface area (Å²) in [4.78, 5) is 27.5. The Bertz CT molecular complexity index is 773. The van der Waals surface area contributed by atoms with Crippen molar-refractivity contribution < 1.29 is 9.59 Å². The average molecular weight is 422 g/mol. The van der Waals surface area contributed by atoms with Gasteiger partial charge in [-0.2, -0.15) is 0 Å². The molecule has 1 saturated carbocycles. The predicted octanol–water partition coefficient (Wildman–Crippen LogP) is 3.47. The molecule has 0 radical (unpaired) electrons. The van der Waals surface area contributed by atoms with Crippen LogP contribution in [0.2, 0.25) is 0 Å². The maximum atomic E-state index is 12.2. The molecule has 2 N–H and O–H groups in total. The van der Waals surface area contributed by atoms with Crippen LogP contribution >= 0.6 is 27.3 Å². The Balaban J connectivity index is 1.52. The molecule has 0 aliphatic heterocycles. The van der Waals surface area contributed by atoms with Gasteiger partial charge in [-0.3, -0.25) is 14.5 Å². The lowest BCUT2D eigenvalue weighted by Gasteiger charge is -2.15. The lowest BCUT2D eigenvalue weighted by atomic mass is 10.2. The number of carbonyl (C=O) groups is 2. The number of likely N-dealkylation sites (N-methyl/N-ethyl adjacent to an activating group) is 1. The van der Waals surface area contributed by atoms with E-state index in [4.69, 9.17) is 0 Å². The molecular weight excluding hydrogens is 402 g/mol. The molecule has 132 valence electrons. The molecule has 0 spiro atoms. The first-order valence-electron chi connectivity index (χ1n) is 8.13. The summed E-state index contributed by atoms with van der Waals surface area (Å²) in [5, 5.41) is 5.81. The van der Waals surface area contributed by atoms with Gasteiger partial charge in [0, 0.05) is 28.7 Å². The van der Waals surface area contributed by atoms with E-state index in [2.05, 4.69) is 26.6 Å². The van der Waals surface area contributed by atoms with Gasteiger partial charge in [-0.05, 0) is 66.2 Å². The van der Waals surface area contributed by atoms with Crippen LogP contribution < -0.4 is 10.6 Å². The second kappa shape index (κ2) is 8.12. The minimum absolute atomic E-state index is 0.0843. The number of nitrogens with zero attached hydrogens (tertiary/aromatic N) is 1. The summed E-state index contributed by atoms with van der Waals surface area (Å²) in [6.07, 6.45) is 2.10. The van der Waals surface area contributed by atoms with E-state index in [9.17, 15) is 9.59 Å². The number of anilines is 1. The van der Waals surface area contributed by atoms with E-state index in [0.29, 0.717) is 23.8 Å². The predicted molar refractivity (Wildman–Crippen MR) is 104 cm³/mol. The van der Waals surface area contributed by atoms with Gasteiger partial charge < -0.3 is 10.6 Å². The van der Waals surface area contributed by atoms with Crippen molar-refractivity contribution in [3.8, 4) is 0 Å². The van der Waals surface area contributed by atoms with Crippen molar-refractivity contribution in [3.63, 3.8) is 0 Å². The van der Waals surface area contributed by atoms with E-state index in [-0.39, 0.29) is 18.4 Å². The van der Waals surface area contributed by atoms with Gasteiger partial charge in [-0.15, -0.1) is 11.3 Å². The van der Waals surface area contributed by atoms with Gasteiger partial charge in [0.2, 0.25) is 5.91 Å². The molecule has 0 atom stereocenters. The van der Waals surface area contributed by atoms with Crippen LogP contribution in [0.25, 0.3) is 0 Å². The third-order valence-corrected chi connectivity index (χ3v) is 5.40. The lowest BCUT2D eigenvalue weighted by Crippen LogP contribution is -2.30. The van der Waals surface area contributed by atoms with E-state index < -0.39 is 0 Å². The highest BCUT2D eigenvalue weighted by Crippen LogP contribution is 2.23. The Morgan fingerprint density at radius 3 is 2.76 bits per heavy atom. The Morgan fingerprint density at radius 2 is 2.08 bits per heavy atom. The highest BCUT2D eigenvalue weighted by molar-refractivity contribution is 9.11. The first kappa shape index (κ1) is 18.1. The SMILES string of the molecule is CN(CC(=O)Nc1cccc(C(=O)NC2CC2)c1)Cc1ccc(Br)s1. The number of halogens is 1. The molecule has 1 aromatic carbocycles. The first-order valence-corrected chi connectivity index (χ1v) is 9.74. The van der Waals surface area contributed by atoms with Crippen molar-refractivity contribution in [2.24, 2.45) is 0 Å². The van der Waals surface area contributed by atoms with E-state index in [1.165, 1.54) is 4.88 Å². The fourth-order valence-corrected chi connectivity index (χ4v) is 4.00. The summed E-state index contributed by atoms with van der Waals surface area (Å²) in [5.41, 5.74) is 1.21. The number of rotatable bonds is 7. The van der Waals surface area contributed by atoms with Gasteiger partial charge in [0.25, 0.3) is 5.91 Å². The standard InChI is InChI=1S/C18H20BrN3O2S/c1-22(10-15-7-8-16(19)25-15)11-17(23)20-14-4-2-3-12(9-14)18(24)21-13-5-6-13/h2-4,7-9,13H,5-6,10-11H2,1H3,(H,20,23)(H,21,24). The van der Waals surface area contributed by atoms with Crippen LogP contribution in [0.3, 0.4) is 0 Å². The maximum absolute atomic E-state index is 12.2. The lowest BCUT2D eigenvalue weighted by molar-refractivity contribution is -0.117. The van der Waals surface area contributed by atoms with Crippen LogP contribution in [0.5, 0.6) is 0 Å². The molecule has 0 unspecified atom stereocenters. The summed E-state index contributed by atoms with van der Waals surface area (Å²) in [7, 11) is 1.91. The third kappa shape index (κ3) is 5.66. The number of thiophene rings is 1.